The van der Waals surface area contributed by atoms with E-state index in [1.807, 2.05) is 11.8 Å². The highest BCUT2D eigenvalue weighted by Gasteiger charge is 2.19. The SMILES string of the molecule is CCOC(=O)CCN(CCC(C)C)C(=O)CCC1CCCCC1. The first-order chi connectivity index (χ1) is 11.0. The molecule has 0 aromatic carbocycles. The Hall–Kier alpha value is -1.06. The van der Waals surface area contributed by atoms with Crippen LogP contribution in [0.2, 0.25) is 0 Å². The molecule has 1 saturated carbocycles. The van der Waals surface area contributed by atoms with Gasteiger partial charge in [-0.1, -0.05) is 46.0 Å². The Bertz CT molecular complexity index is 349. The molecule has 0 spiro atoms. The number of ether oxygens (including phenoxy) is 1. The van der Waals surface area contributed by atoms with Crippen molar-refractivity contribution < 1.29 is 14.3 Å². The van der Waals surface area contributed by atoms with Crippen LogP contribution in [-0.2, 0) is 14.3 Å². The number of hydrogen-bond donors (Lipinski definition) is 0. The average molecular weight is 325 g/mol. The Morgan fingerprint density at radius 3 is 2.39 bits per heavy atom. The lowest BCUT2D eigenvalue weighted by Gasteiger charge is -2.26. The molecular weight excluding hydrogens is 290 g/mol. The summed E-state index contributed by atoms with van der Waals surface area (Å²) in [6.07, 6.45) is 9.48. The molecule has 134 valence electrons. The van der Waals surface area contributed by atoms with Gasteiger partial charge in [0.15, 0.2) is 0 Å². The van der Waals surface area contributed by atoms with Gasteiger partial charge in [0.2, 0.25) is 5.91 Å². The fraction of sp³-hybridized carbons (Fsp3) is 0.895. The summed E-state index contributed by atoms with van der Waals surface area (Å²) in [5, 5.41) is 0. The zero-order chi connectivity index (χ0) is 17.1. The minimum atomic E-state index is -0.206. The van der Waals surface area contributed by atoms with Crippen LogP contribution in [0.1, 0.15) is 78.6 Å². The zero-order valence-electron chi connectivity index (χ0n) is 15.3. The molecule has 0 aromatic rings. The fourth-order valence-electron chi connectivity index (χ4n) is 3.20. The number of nitrogens with zero attached hydrogens (tertiary/aromatic N) is 1. The predicted octanol–water partition coefficient (Wildman–Crippen LogP) is 4.17. The highest BCUT2D eigenvalue weighted by Crippen LogP contribution is 2.27. The minimum absolute atomic E-state index is 0.206. The lowest BCUT2D eigenvalue weighted by Crippen LogP contribution is -2.35. The van der Waals surface area contributed by atoms with Gasteiger partial charge < -0.3 is 9.64 Å². The summed E-state index contributed by atoms with van der Waals surface area (Å²) in [6, 6.07) is 0. The van der Waals surface area contributed by atoms with E-state index in [0.29, 0.717) is 31.9 Å². The first-order valence-electron chi connectivity index (χ1n) is 9.46. The molecular formula is C19H35NO3. The van der Waals surface area contributed by atoms with Gasteiger partial charge in [-0.2, -0.15) is 0 Å². The molecule has 0 heterocycles. The molecule has 0 N–H and O–H groups in total. The highest BCUT2D eigenvalue weighted by molar-refractivity contribution is 5.77. The van der Waals surface area contributed by atoms with Crippen molar-refractivity contribution in [2.45, 2.75) is 78.6 Å². The third-order valence-electron chi connectivity index (χ3n) is 4.71. The van der Waals surface area contributed by atoms with Crippen LogP contribution in [0.5, 0.6) is 0 Å². The third-order valence-corrected chi connectivity index (χ3v) is 4.71. The van der Waals surface area contributed by atoms with E-state index >= 15 is 0 Å². The molecule has 1 amide bonds. The van der Waals surface area contributed by atoms with Crippen LogP contribution in [0.15, 0.2) is 0 Å². The van der Waals surface area contributed by atoms with E-state index in [2.05, 4.69) is 13.8 Å². The van der Waals surface area contributed by atoms with Crippen molar-refractivity contribution in [1.29, 1.82) is 0 Å². The van der Waals surface area contributed by atoms with E-state index in [0.717, 1.165) is 25.3 Å². The number of hydrogen-bond acceptors (Lipinski definition) is 3. The van der Waals surface area contributed by atoms with E-state index in [-0.39, 0.29) is 11.9 Å². The summed E-state index contributed by atoms with van der Waals surface area (Å²) < 4.78 is 4.98. The standard InChI is InChI=1S/C19H35NO3/c1-4-23-19(22)13-15-20(14-12-16(2)3)18(21)11-10-17-8-6-5-7-9-17/h16-17H,4-15H2,1-3H3. The van der Waals surface area contributed by atoms with E-state index in [4.69, 9.17) is 4.74 Å². The molecule has 0 radical (unpaired) electrons. The lowest BCUT2D eigenvalue weighted by atomic mass is 9.86. The Morgan fingerprint density at radius 1 is 1.09 bits per heavy atom. The van der Waals surface area contributed by atoms with Gasteiger partial charge in [0.05, 0.1) is 13.0 Å². The quantitative estimate of drug-likeness (QED) is 0.566. The maximum Gasteiger partial charge on any atom is 0.307 e. The van der Waals surface area contributed by atoms with Crippen LogP contribution < -0.4 is 0 Å². The number of esters is 1. The predicted molar refractivity (Wildman–Crippen MR) is 93.1 cm³/mol. The molecule has 1 aliphatic rings. The average Bonchev–Trinajstić information content (AvgIpc) is 2.53. The van der Waals surface area contributed by atoms with Crippen LogP contribution in [-0.4, -0.2) is 36.5 Å². The molecule has 0 unspecified atom stereocenters. The van der Waals surface area contributed by atoms with Gasteiger partial charge in [0, 0.05) is 19.5 Å². The number of carbonyl (C=O) groups excluding carboxylic acids is 2. The fourth-order valence-corrected chi connectivity index (χ4v) is 3.20. The molecule has 0 bridgehead atoms. The van der Waals surface area contributed by atoms with Gasteiger partial charge in [-0.25, -0.2) is 0 Å². The van der Waals surface area contributed by atoms with E-state index in [1.165, 1.54) is 32.1 Å². The number of amides is 1. The van der Waals surface area contributed by atoms with Gasteiger partial charge in [-0.3, -0.25) is 9.59 Å². The molecule has 4 nitrogen and oxygen atoms in total. The van der Waals surface area contributed by atoms with Gasteiger partial charge in [-0.15, -0.1) is 0 Å². The number of rotatable bonds is 10. The molecule has 1 rings (SSSR count). The molecule has 0 atom stereocenters. The first-order valence-corrected chi connectivity index (χ1v) is 9.46. The molecule has 0 saturated heterocycles. The second-order valence-corrected chi connectivity index (χ2v) is 7.16. The normalized spacial score (nSPS) is 15.7. The molecule has 0 aliphatic heterocycles. The van der Waals surface area contributed by atoms with E-state index < -0.39 is 0 Å². The molecule has 0 aromatic heterocycles. The minimum Gasteiger partial charge on any atom is -0.466 e. The number of carbonyl (C=O) groups is 2. The van der Waals surface area contributed by atoms with Crippen molar-refractivity contribution in [2.24, 2.45) is 11.8 Å². The van der Waals surface area contributed by atoms with Crippen molar-refractivity contribution >= 4 is 11.9 Å². The van der Waals surface area contributed by atoms with Gasteiger partial charge in [0.1, 0.15) is 0 Å². The van der Waals surface area contributed by atoms with E-state index in [1.54, 1.807) is 0 Å². The Labute approximate surface area is 141 Å². The summed E-state index contributed by atoms with van der Waals surface area (Å²) in [5.41, 5.74) is 0. The maximum atomic E-state index is 12.5. The summed E-state index contributed by atoms with van der Waals surface area (Å²) in [4.78, 5) is 26.0. The van der Waals surface area contributed by atoms with Crippen molar-refractivity contribution in [2.75, 3.05) is 19.7 Å². The molecule has 4 heteroatoms. The van der Waals surface area contributed by atoms with Crippen molar-refractivity contribution in [3.63, 3.8) is 0 Å². The van der Waals surface area contributed by atoms with Crippen LogP contribution in [0.25, 0.3) is 0 Å². The lowest BCUT2D eigenvalue weighted by molar-refractivity contribution is -0.144. The van der Waals surface area contributed by atoms with Crippen LogP contribution in [0, 0.1) is 11.8 Å². The summed E-state index contributed by atoms with van der Waals surface area (Å²) in [5.74, 6) is 1.29. The summed E-state index contributed by atoms with van der Waals surface area (Å²) in [7, 11) is 0. The van der Waals surface area contributed by atoms with Crippen molar-refractivity contribution in [1.82, 2.24) is 4.90 Å². The van der Waals surface area contributed by atoms with Gasteiger partial charge in [-0.05, 0) is 31.6 Å². The van der Waals surface area contributed by atoms with Crippen molar-refractivity contribution in [3.05, 3.63) is 0 Å². The van der Waals surface area contributed by atoms with Gasteiger partial charge in [0.25, 0.3) is 0 Å². The topological polar surface area (TPSA) is 46.6 Å². The van der Waals surface area contributed by atoms with Crippen LogP contribution >= 0.6 is 0 Å². The molecule has 23 heavy (non-hydrogen) atoms. The van der Waals surface area contributed by atoms with Crippen molar-refractivity contribution in [3.8, 4) is 0 Å². The third kappa shape index (κ3) is 8.97. The second-order valence-electron chi connectivity index (χ2n) is 7.16. The summed E-state index contributed by atoms with van der Waals surface area (Å²) in [6.45, 7) is 7.78. The first kappa shape index (κ1) is 20.0. The highest BCUT2D eigenvalue weighted by atomic mass is 16.5. The van der Waals surface area contributed by atoms with Crippen LogP contribution in [0.4, 0.5) is 0 Å². The Morgan fingerprint density at radius 2 is 1.78 bits per heavy atom. The largest absolute Gasteiger partial charge is 0.466 e. The van der Waals surface area contributed by atoms with Gasteiger partial charge >= 0.3 is 5.97 Å². The van der Waals surface area contributed by atoms with E-state index in [9.17, 15) is 9.59 Å². The second kappa shape index (κ2) is 11.5. The monoisotopic (exact) mass is 325 g/mol. The molecule has 1 fully saturated rings. The van der Waals surface area contributed by atoms with Crippen LogP contribution in [0.3, 0.4) is 0 Å². The smallest absolute Gasteiger partial charge is 0.307 e. The Kier molecular flexibility index (Phi) is 9.97. The summed E-state index contributed by atoms with van der Waals surface area (Å²) >= 11 is 0. The molecule has 1 aliphatic carbocycles. The zero-order valence-corrected chi connectivity index (χ0v) is 15.3. The Balaban J connectivity index is 2.41. The maximum absolute atomic E-state index is 12.5.